The number of aryl methyl sites for hydroxylation is 1. The van der Waals surface area contributed by atoms with E-state index in [4.69, 9.17) is 4.74 Å². The van der Waals surface area contributed by atoms with Crippen molar-refractivity contribution in [1.82, 2.24) is 9.55 Å². The fraction of sp³-hybridized carbons (Fsp3) is 0.238. The lowest BCUT2D eigenvalue weighted by Gasteiger charge is -2.12. The molecule has 3 rings (SSSR count). The minimum Gasteiger partial charge on any atom is -0.497 e. The molecule has 27 heavy (non-hydrogen) atoms. The van der Waals surface area contributed by atoms with Gasteiger partial charge in [0.25, 0.3) is 5.56 Å². The van der Waals surface area contributed by atoms with Crippen LogP contribution in [-0.4, -0.2) is 16.7 Å². The lowest BCUT2D eigenvalue weighted by molar-refractivity contribution is 0.414. The van der Waals surface area contributed by atoms with E-state index in [1.807, 2.05) is 31.2 Å². The van der Waals surface area contributed by atoms with E-state index < -0.39 is 0 Å². The van der Waals surface area contributed by atoms with E-state index in [0.29, 0.717) is 34.2 Å². The van der Waals surface area contributed by atoms with Gasteiger partial charge in [-0.3, -0.25) is 9.36 Å². The van der Waals surface area contributed by atoms with Gasteiger partial charge in [0.15, 0.2) is 5.16 Å². The Balaban J connectivity index is 1.85. The van der Waals surface area contributed by atoms with Gasteiger partial charge in [-0.15, -0.1) is 0 Å². The average Bonchev–Trinajstić information content (AvgIpc) is 2.68. The number of hydrogen-bond donors (Lipinski definition) is 0. The Bertz CT molecular complexity index is 1020. The van der Waals surface area contributed by atoms with Crippen LogP contribution >= 0.6 is 11.8 Å². The summed E-state index contributed by atoms with van der Waals surface area (Å²) in [6, 6.07) is 14.3. The Morgan fingerprint density at radius 3 is 2.70 bits per heavy atom. The molecule has 0 spiro atoms. The molecule has 0 bridgehead atoms. The third-order valence-electron chi connectivity index (χ3n) is 4.38. The van der Waals surface area contributed by atoms with Crippen LogP contribution in [0.5, 0.6) is 5.75 Å². The van der Waals surface area contributed by atoms with E-state index in [0.717, 1.165) is 11.3 Å². The molecule has 0 aliphatic heterocycles. The normalized spacial score (nSPS) is 10.8. The van der Waals surface area contributed by atoms with Crippen LogP contribution in [0.1, 0.15) is 22.4 Å². The van der Waals surface area contributed by atoms with Crippen molar-refractivity contribution >= 4 is 11.8 Å². The molecule has 2 aromatic carbocycles. The van der Waals surface area contributed by atoms with Gasteiger partial charge < -0.3 is 4.74 Å². The molecular formula is C21H21FN2O2S. The first-order valence-electron chi connectivity index (χ1n) is 8.55. The maximum Gasteiger partial charge on any atom is 0.257 e. The van der Waals surface area contributed by atoms with Crippen molar-refractivity contribution in [2.45, 2.75) is 24.3 Å². The molecule has 0 N–H and O–H groups in total. The topological polar surface area (TPSA) is 44.1 Å². The van der Waals surface area contributed by atoms with Crippen LogP contribution in [0.2, 0.25) is 0 Å². The molecule has 0 fully saturated rings. The molecule has 6 heteroatoms. The summed E-state index contributed by atoms with van der Waals surface area (Å²) >= 11 is 1.36. The highest BCUT2D eigenvalue weighted by Gasteiger charge is 2.14. The summed E-state index contributed by atoms with van der Waals surface area (Å²) in [5.74, 6) is 0.926. The van der Waals surface area contributed by atoms with Crippen LogP contribution in [-0.2, 0) is 19.2 Å². The number of methoxy groups -OCH3 is 1. The van der Waals surface area contributed by atoms with E-state index in [1.165, 1.54) is 22.4 Å². The van der Waals surface area contributed by atoms with Gasteiger partial charge in [0, 0.05) is 30.5 Å². The number of thioether (sulfide) groups is 1. The highest BCUT2D eigenvalue weighted by atomic mass is 32.2. The Hall–Kier alpha value is -2.60. The Labute approximate surface area is 162 Å². The van der Waals surface area contributed by atoms with Crippen molar-refractivity contribution < 1.29 is 9.13 Å². The standard InChI is InChI=1S/C21H21FN2O2S/c1-14-18(12-15-7-6-9-17(11-15)26-3)20(25)24(2)21(23-14)27-13-16-8-4-5-10-19(16)22/h4-11H,12-13H2,1-3H3. The number of hydrogen-bond acceptors (Lipinski definition) is 4. The fourth-order valence-electron chi connectivity index (χ4n) is 2.81. The van der Waals surface area contributed by atoms with Gasteiger partial charge in [0.1, 0.15) is 11.6 Å². The summed E-state index contributed by atoms with van der Waals surface area (Å²) in [4.78, 5) is 17.4. The van der Waals surface area contributed by atoms with Crippen LogP contribution in [0.15, 0.2) is 58.5 Å². The van der Waals surface area contributed by atoms with Crippen molar-refractivity contribution in [3.05, 3.63) is 87.1 Å². The molecule has 0 aliphatic rings. The zero-order valence-corrected chi connectivity index (χ0v) is 16.3. The van der Waals surface area contributed by atoms with Gasteiger partial charge in [0.2, 0.25) is 0 Å². The molecule has 0 atom stereocenters. The van der Waals surface area contributed by atoms with Crippen LogP contribution in [0.3, 0.4) is 0 Å². The van der Waals surface area contributed by atoms with Gasteiger partial charge >= 0.3 is 0 Å². The second-order valence-electron chi connectivity index (χ2n) is 6.23. The summed E-state index contributed by atoms with van der Waals surface area (Å²) < 4.78 is 20.6. The van der Waals surface area contributed by atoms with Crippen LogP contribution in [0.4, 0.5) is 4.39 Å². The number of rotatable bonds is 6. The summed E-state index contributed by atoms with van der Waals surface area (Å²) in [6.45, 7) is 1.84. The molecule has 0 aliphatic carbocycles. The quantitative estimate of drug-likeness (QED) is 0.474. The number of aromatic nitrogens is 2. The first kappa shape index (κ1) is 19.2. The predicted octanol–water partition coefficient (Wildman–Crippen LogP) is 4.12. The number of nitrogens with zero attached hydrogens (tertiary/aromatic N) is 2. The highest BCUT2D eigenvalue weighted by molar-refractivity contribution is 7.98. The van der Waals surface area contributed by atoms with Crippen LogP contribution in [0, 0.1) is 12.7 Å². The fourth-order valence-corrected chi connectivity index (χ4v) is 3.80. The lowest BCUT2D eigenvalue weighted by atomic mass is 10.0. The second-order valence-corrected chi connectivity index (χ2v) is 7.17. The maximum atomic E-state index is 13.8. The minimum atomic E-state index is -0.249. The number of benzene rings is 2. The molecule has 4 nitrogen and oxygen atoms in total. The zero-order chi connectivity index (χ0) is 19.4. The van der Waals surface area contributed by atoms with E-state index in [9.17, 15) is 9.18 Å². The van der Waals surface area contributed by atoms with Crippen LogP contribution < -0.4 is 10.3 Å². The monoisotopic (exact) mass is 384 g/mol. The Kier molecular flexibility index (Phi) is 5.96. The van der Waals surface area contributed by atoms with Gasteiger partial charge in [-0.2, -0.15) is 0 Å². The summed E-state index contributed by atoms with van der Waals surface area (Å²) in [7, 11) is 3.32. The SMILES string of the molecule is COc1cccc(Cc2c(C)nc(SCc3ccccc3F)n(C)c2=O)c1. The first-order valence-corrected chi connectivity index (χ1v) is 9.53. The number of halogens is 1. The van der Waals surface area contributed by atoms with E-state index in [-0.39, 0.29) is 11.4 Å². The van der Waals surface area contributed by atoms with Crippen molar-refractivity contribution in [2.24, 2.45) is 7.05 Å². The van der Waals surface area contributed by atoms with E-state index in [1.54, 1.807) is 32.4 Å². The average molecular weight is 384 g/mol. The Morgan fingerprint density at radius 2 is 1.96 bits per heavy atom. The molecule has 0 amide bonds. The van der Waals surface area contributed by atoms with Gasteiger partial charge in [-0.25, -0.2) is 9.37 Å². The molecule has 140 valence electrons. The molecular weight excluding hydrogens is 363 g/mol. The largest absolute Gasteiger partial charge is 0.497 e. The summed E-state index contributed by atoms with van der Waals surface area (Å²) in [6.07, 6.45) is 0.487. The molecule has 3 aromatic rings. The smallest absolute Gasteiger partial charge is 0.257 e. The second kappa shape index (κ2) is 8.39. The van der Waals surface area contributed by atoms with Crippen molar-refractivity contribution in [3.63, 3.8) is 0 Å². The van der Waals surface area contributed by atoms with Crippen molar-refractivity contribution in [1.29, 1.82) is 0 Å². The van der Waals surface area contributed by atoms with Crippen LogP contribution in [0.25, 0.3) is 0 Å². The highest BCUT2D eigenvalue weighted by Crippen LogP contribution is 2.23. The molecule has 0 unspecified atom stereocenters. The Morgan fingerprint density at radius 1 is 1.19 bits per heavy atom. The molecule has 0 saturated heterocycles. The van der Waals surface area contributed by atoms with E-state index >= 15 is 0 Å². The molecule has 0 radical (unpaired) electrons. The molecule has 0 saturated carbocycles. The van der Waals surface area contributed by atoms with Gasteiger partial charge in [-0.05, 0) is 36.2 Å². The lowest BCUT2D eigenvalue weighted by Crippen LogP contribution is -2.25. The van der Waals surface area contributed by atoms with Crippen molar-refractivity contribution in [3.8, 4) is 5.75 Å². The summed E-state index contributed by atoms with van der Waals surface area (Å²) in [5, 5.41) is 0.579. The maximum absolute atomic E-state index is 13.8. The van der Waals surface area contributed by atoms with Crippen molar-refractivity contribution in [2.75, 3.05) is 7.11 Å². The molecule has 1 heterocycles. The predicted molar refractivity (Wildman–Crippen MR) is 106 cm³/mol. The number of ether oxygens (including phenoxy) is 1. The third-order valence-corrected chi connectivity index (χ3v) is 5.46. The summed E-state index contributed by atoms with van der Waals surface area (Å²) in [5.41, 5.74) is 2.84. The van der Waals surface area contributed by atoms with Gasteiger partial charge in [0.05, 0.1) is 7.11 Å². The first-order chi connectivity index (χ1) is 13.0. The zero-order valence-electron chi connectivity index (χ0n) is 15.5. The van der Waals surface area contributed by atoms with E-state index in [2.05, 4.69) is 4.98 Å². The third kappa shape index (κ3) is 4.39. The van der Waals surface area contributed by atoms with Gasteiger partial charge in [-0.1, -0.05) is 42.1 Å². The molecule has 1 aromatic heterocycles. The minimum absolute atomic E-state index is 0.0821.